The fourth-order valence-corrected chi connectivity index (χ4v) is 3.30. The van der Waals surface area contributed by atoms with E-state index in [1.807, 2.05) is 54.6 Å². The minimum absolute atomic E-state index is 0.0522. The highest BCUT2D eigenvalue weighted by Crippen LogP contribution is 2.23. The first-order chi connectivity index (χ1) is 14.1. The van der Waals surface area contributed by atoms with Crippen LogP contribution in [0.3, 0.4) is 0 Å². The Hall–Kier alpha value is -3.41. The Kier molecular flexibility index (Phi) is 5.42. The average Bonchev–Trinajstić information content (AvgIpc) is 3.38. The van der Waals surface area contributed by atoms with Gasteiger partial charge in [0.1, 0.15) is 5.82 Å². The number of amides is 1. The Morgan fingerprint density at radius 2 is 1.86 bits per heavy atom. The van der Waals surface area contributed by atoms with E-state index >= 15 is 0 Å². The van der Waals surface area contributed by atoms with Crippen molar-refractivity contribution < 1.29 is 9.21 Å². The number of oxazole rings is 1. The molecule has 0 unspecified atom stereocenters. The van der Waals surface area contributed by atoms with Crippen LogP contribution in [0.2, 0.25) is 0 Å². The fraction of sp³-hybridized carbons (Fsp3) is 0.261. The highest BCUT2D eigenvalue weighted by atomic mass is 16.4. The summed E-state index contributed by atoms with van der Waals surface area (Å²) in [5, 5.41) is 3.10. The molecule has 1 atom stereocenters. The summed E-state index contributed by atoms with van der Waals surface area (Å²) in [4.78, 5) is 24.8. The normalized spacial score (nSPS) is 12.4. The predicted molar refractivity (Wildman–Crippen MR) is 112 cm³/mol. The number of aryl methyl sites for hydroxylation is 1. The van der Waals surface area contributed by atoms with Crippen LogP contribution in [0.25, 0.3) is 22.4 Å². The molecule has 4 rings (SSSR count). The highest BCUT2D eigenvalue weighted by Gasteiger charge is 2.22. The minimum Gasteiger partial charge on any atom is -0.441 e. The molecule has 0 saturated carbocycles. The molecule has 6 heteroatoms. The molecule has 0 aliphatic carbocycles. The molecule has 2 aromatic carbocycles. The standard InChI is InChI=1S/C23H24N4O2/c1-15(2)22(23-25-17-10-6-7-11-18(17)26-23)27-20(28)12-13-21-24-14-19(29-21)16-8-4-3-5-9-16/h3-11,14-15,22H,12-13H2,1-2H3,(H,25,26)(H,27,28)/t22-/m1/s1. The molecule has 148 valence electrons. The van der Waals surface area contributed by atoms with Gasteiger partial charge in [-0.2, -0.15) is 0 Å². The molecule has 6 nitrogen and oxygen atoms in total. The molecule has 0 aliphatic heterocycles. The van der Waals surface area contributed by atoms with E-state index in [0.29, 0.717) is 24.5 Å². The van der Waals surface area contributed by atoms with E-state index in [1.165, 1.54) is 0 Å². The molecule has 2 aromatic heterocycles. The summed E-state index contributed by atoms with van der Waals surface area (Å²) in [6, 6.07) is 17.5. The van der Waals surface area contributed by atoms with Crippen molar-refractivity contribution in [3.63, 3.8) is 0 Å². The number of hydrogen-bond acceptors (Lipinski definition) is 4. The summed E-state index contributed by atoms with van der Waals surface area (Å²) >= 11 is 0. The third kappa shape index (κ3) is 4.37. The molecule has 2 heterocycles. The van der Waals surface area contributed by atoms with Gasteiger partial charge in [-0.1, -0.05) is 56.3 Å². The molecule has 4 aromatic rings. The molecule has 1 amide bonds. The largest absolute Gasteiger partial charge is 0.441 e. The number of nitrogens with zero attached hydrogens (tertiary/aromatic N) is 2. The second kappa shape index (κ2) is 8.31. The lowest BCUT2D eigenvalue weighted by molar-refractivity contribution is -0.122. The summed E-state index contributed by atoms with van der Waals surface area (Å²) in [7, 11) is 0. The van der Waals surface area contributed by atoms with E-state index in [1.54, 1.807) is 6.20 Å². The first-order valence-electron chi connectivity index (χ1n) is 9.84. The van der Waals surface area contributed by atoms with Crippen molar-refractivity contribution in [1.82, 2.24) is 20.3 Å². The van der Waals surface area contributed by atoms with Crippen LogP contribution >= 0.6 is 0 Å². The summed E-state index contributed by atoms with van der Waals surface area (Å²) in [6.07, 6.45) is 2.45. The number of carbonyl (C=O) groups excluding carboxylic acids is 1. The Morgan fingerprint density at radius 1 is 1.10 bits per heavy atom. The van der Waals surface area contributed by atoms with E-state index in [4.69, 9.17) is 4.42 Å². The van der Waals surface area contributed by atoms with E-state index < -0.39 is 0 Å². The smallest absolute Gasteiger partial charge is 0.221 e. The van der Waals surface area contributed by atoms with Gasteiger partial charge in [-0.15, -0.1) is 0 Å². The second-order valence-electron chi connectivity index (χ2n) is 7.41. The van der Waals surface area contributed by atoms with Crippen molar-refractivity contribution in [3.05, 3.63) is 72.5 Å². The van der Waals surface area contributed by atoms with Crippen LogP contribution < -0.4 is 5.32 Å². The Balaban J connectivity index is 1.39. The monoisotopic (exact) mass is 388 g/mol. The summed E-state index contributed by atoms with van der Waals surface area (Å²) in [5.74, 6) is 2.19. The Labute approximate surface area is 169 Å². The number of imidazole rings is 1. The topological polar surface area (TPSA) is 83.8 Å². The molecule has 29 heavy (non-hydrogen) atoms. The van der Waals surface area contributed by atoms with Crippen LogP contribution in [-0.4, -0.2) is 20.9 Å². The SMILES string of the molecule is CC(C)[C@@H](NC(=O)CCc1ncc(-c2ccccc2)o1)c1nc2ccccc2[nH]1. The van der Waals surface area contributed by atoms with E-state index in [2.05, 4.69) is 34.1 Å². The summed E-state index contributed by atoms with van der Waals surface area (Å²) in [5.41, 5.74) is 2.84. The van der Waals surface area contributed by atoms with Gasteiger partial charge in [0.2, 0.25) is 5.91 Å². The molecule has 0 spiro atoms. The van der Waals surface area contributed by atoms with Crippen molar-refractivity contribution in [3.8, 4) is 11.3 Å². The van der Waals surface area contributed by atoms with Gasteiger partial charge in [-0.25, -0.2) is 9.97 Å². The first-order valence-corrected chi connectivity index (χ1v) is 9.84. The lowest BCUT2D eigenvalue weighted by Crippen LogP contribution is -2.32. The number of carbonyl (C=O) groups is 1. The summed E-state index contributed by atoms with van der Waals surface area (Å²) < 4.78 is 5.79. The zero-order valence-electron chi connectivity index (χ0n) is 16.6. The van der Waals surface area contributed by atoms with Crippen molar-refractivity contribution >= 4 is 16.9 Å². The van der Waals surface area contributed by atoms with E-state index in [9.17, 15) is 4.79 Å². The van der Waals surface area contributed by atoms with Gasteiger partial charge in [0.05, 0.1) is 23.3 Å². The number of H-pyrrole nitrogens is 1. The van der Waals surface area contributed by atoms with Gasteiger partial charge in [-0.05, 0) is 18.1 Å². The number of benzene rings is 2. The molecule has 0 radical (unpaired) electrons. The molecule has 2 N–H and O–H groups in total. The number of rotatable bonds is 7. The van der Waals surface area contributed by atoms with Gasteiger partial charge in [0, 0.05) is 18.4 Å². The van der Waals surface area contributed by atoms with E-state index in [0.717, 1.165) is 22.4 Å². The van der Waals surface area contributed by atoms with Crippen LogP contribution in [-0.2, 0) is 11.2 Å². The molecule has 0 bridgehead atoms. The number of hydrogen-bond donors (Lipinski definition) is 2. The van der Waals surface area contributed by atoms with Crippen molar-refractivity contribution in [2.45, 2.75) is 32.7 Å². The van der Waals surface area contributed by atoms with Crippen molar-refractivity contribution in [1.29, 1.82) is 0 Å². The van der Waals surface area contributed by atoms with Crippen LogP contribution in [0.5, 0.6) is 0 Å². The third-order valence-electron chi connectivity index (χ3n) is 4.86. The Morgan fingerprint density at radius 3 is 2.62 bits per heavy atom. The molecular weight excluding hydrogens is 364 g/mol. The maximum absolute atomic E-state index is 12.6. The molecule has 0 aliphatic rings. The zero-order valence-corrected chi connectivity index (χ0v) is 16.6. The number of aromatic nitrogens is 3. The highest BCUT2D eigenvalue weighted by molar-refractivity contribution is 5.77. The molecule has 0 saturated heterocycles. The Bertz CT molecular complexity index is 1070. The zero-order chi connectivity index (χ0) is 20.2. The molecular formula is C23H24N4O2. The number of nitrogens with one attached hydrogen (secondary N) is 2. The maximum Gasteiger partial charge on any atom is 0.221 e. The van der Waals surface area contributed by atoms with Crippen LogP contribution in [0, 0.1) is 5.92 Å². The second-order valence-corrected chi connectivity index (χ2v) is 7.41. The van der Waals surface area contributed by atoms with Crippen molar-refractivity contribution in [2.75, 3.05) is 0 Å². The van der Waals surface area contributed by atoms with Gasteiger partial charge < -0.3 is 14.7 Å². The van der Waals surface area contributed by atoms with Gasteiger partial charge in [-0.3, -0.25) is 4.79 Å². The predicted octanol–water partition coefficient (Wildman–Crippen LogP) is 4.66. The average molecular weight is 388 g/mol. The van der Waals surface area contributed by atoms with Gasteiger partial charge >= 0.3 is 0 Å². The minimum atomic E-state index is -0.181. The first kappa shape index (κ1) is 18.9. The lowest BCUT2D eigenvalue weighted by atomic mass is 10.0. The van der Waals surface area contributed by atoms with Gasteiger partial charge in [0.15, 0.2) is 11.7 Å². The molecule has 0 fully saturated rings. The van der Waals surface area contributed by atoms with E-state index in [-0.39, 0.29) is 17.9 Å². The van der Waals surface area contributed by atoms with Crippen LogP contribution in [0.1, 0.15) is 38.0 Å². The fourth-order valence-electron chi connectivity index (χ4n) is 3.30. The summed E-state index contributed by atoms with van der Waals surface area (Å²) in [6.45, 7) is 4.14. The number of para-hydroxylation sites is 2. The quantitative estimate of drug-likeness (QED) is 0.482. The lowest BCUT2D eigenvalue weighted by Gasteiger charge is -2.20. The van der Waals surface area contributed by atoms with Crippen LogP contribution in [0.15, 0.2) is 65.2 Å². The number of fused-ring (bicyclic) bond motifs is 1. The third-order valence-corrected chi connectivity index (χ3v) is 4.86. The number of aromatic amines is 1. The van der Waals surface area contributed by atoms with Crippen LogP contribution in [0.4, 0.5) is 0 Å². The van der Waals surface area contributed by atoms with Gasteiger partial charge in [0.25, 0.3) is 0 Å². The maximum atomic E-state index is 12.6. The van der Waals surface area contributed by atoms with Crippen molar-refractivity contribution in [2.24, 2.45) is 5.92 Å².